The second kappa shape index (κ2) is 7.71. The molecule has 0 bridgehead atoms. The Balaban J connectivity index is 1.86. The highest BCUT2D eigenvalue weighted by Crippen LogP contribution is 2.22. The van der Waals surface area contributed by atoms with Crippen LogP contribution in [0.3, 0.4) is 0 Å². The minimum absolute atomic E-state index is 0.107. The van der Waals surface area contributed by atoms with Gasteiger partial charge in [-0.25, -0.2) is 4.79 Å². The number of hydrogen-bond donors (Lipinski definition) is 0. The molecule has 0 fully saturated rings. The molecule has 0 N–H and O–H groups in total. The Hall–Kier alpha value is -2.00. The molecule has 0 aromatic heterocycles. The van der Waals surface area contributed by atoms with E-state index >= 15 is 0 Å². The minimum Gasteiger partial charge on any atom is -0.479 e. The van der Waals surface area contributed by atoms with Gasteiger partial charge in [0.1, 0.15) is 12.4 Å². The van der Waals surface area contributed by atoms with E-state index in [2.05, 4.69) is 32.9 Å². The van der Waals surface area contributed by atoms with Crippen molar-refractivity contribution >= 4 is 17.6 Å². The summed E-state index contributed by atoms with van der Waals surface area (Å²) >= 11 is 5.82. The maximum Gasteiger partial charge on any atom is 0.347 e. The van der Waals surface area contributed by atoms with Crippen LogP contribution in [0.25, 0.3) is 0 Å². The second-order valence-corrected chi connectivity index (χ2v) is 7.21. The molecular weight excluding hydrogens is 324 g/mol. The van der Waals surface area contributed by atoms with Gasteiger partial charge in [0.05, 0.1) is 0 Å². The fourth-order valence-electron chi connectivity index (χ4n) is 2.14. The highest BCUT2D eigenvalue weighted by Gasteiger charge is 2.17. The van der Waals surface area contributed by atoms with Gasteiger partial charge in [-0.3, -0.25) is 0 Å². The first-order valence-electron chi connectivity index (χ1n) is 7.94. The molecule has 0 spiro atoms. The summed E-state index contributed by atoms with van der Waals surface area (Å²) in [7, 11) is 0. The molecule has 0 saturated heterocycles. The van der Waals surface area contributed by atoms with Crippen LogP contribution in [0.4, 0.5) is 0 Å². The van der Waals surface area contributed by atoms with E-state index in [1.165, 1.54) is 5.56 Å². The SMILES string of the molecule is CC(Oc1ccc(Cl)cc1)C(=O)OCc1ccc(C(C)(C)C)cc1. The van der Waals surface area contributed by atoms with Gasteiger partial charge in [0, 0.05) is 5.02 Å². The third-order valence-electron chi connectivity index (χ3n) is 3.66. The van der Waals surface area contributed by atoms with Crippen LogP contribution in [0.2, 0.25) is 5.02 Å². The number of hydrogen-bond acceptors (Lipinski definition) is 3. The van der Waals surface area contributed by atoms with Gasteiger partial charge in [-0.2, -0.15) is 0 Å². The van der Waals surface area contributed by atoms with Gasteiger partial charge < -0.3 is 9.47 Å². The first kappa shape index (κ1) is 18.3. The van der Waals surface area contributed by atoms with Crippen LogP contribution in [-0.4, -0.2) is 12.1 Å². The summed E-state index contributed by atoms with van der Waals surface area (Å²) in [6.45, 7) is 8.39. The van der Waals surface area contributed by atoms with Crippen LogP contribution in [0.1, 0.15) is 38.8 Å². The van der Waals surface area contributed by atoms with E-state index in [4.69, 9.17) is 21.1 Å². The summed E-state index contributed by atoms with van der Waals surface area (Å²) in [6.07, 6.45) is -0.681. The largest absolute Gasteiger partial charge is 0.479 e. The summed E-state index contributed by atoms with van der Waals surface area (Å²) < 4.78 is 10.9. The van der Waals surface area contributed by atoms with E-state index in [0.29, 0.717) is 10.8 Å². The molecule has 1 atom stereocenters. The predicted octanol–water partition coefficient (Wildman–Crippen LogP) is 5.15. The molecule has 128 valence electrons. The monoisotopic (exact) mass is 346 g/mol. The lowest BCUT2D eigenvalue weighted by molar-refractivity contribution is -0.152. The Kier molecular flexibility index (Phi) is 5.89. The zero-order valence-electron chi connectivity index (χ0n) is 14.5. The predicted molar refractivity (Wildman–Crippen MR) is 96.5 cm³/mol. The number of rotatable bonds is 5. The lowest BCUT2D eigenvalue weighted by atomic mass is 9.87. The van der Waals surface area contributed by atoms with Gasteiger partial charge in [0.25, 0.3) is 0 Å². The number of halogens is 1. The molecule has 0 radical (unpaired) electrons. The highest BCUT2D eigenvalue weighted by molar-refractivity contribution is 6.30. The first-order valence-corrected chi connectivity index (χ1v) is 8.32. The molecule has 2 aromatic rings. The molecule has 24 heavy (non-hydrogen) atoms. The summed E-state index contributed by atoms with van der Waals surface area (Å²) in [4.78, 5) is 12.0. The van der Waals surface area contributed by atoms with Crippen molar-refractivity contribution < 1.29 is 14.3 Å². The van der Waals surface area contributed by atoms with Crippen LogP contribution >= 0.6 is 11.6 Å². The Labute approximate surface area is 148 Å². The van der Waals surface area contributed by atoms with Crippen molar-refractivity contribution in [3.8, 4) is 5.75 Å². The van der Waals surface area contributed by atoms with Crippen LogP contribution in [0.15, 0.2) is 48.5 Å². The molecular formula is C20H23ClO3. The van der Waals surface area contributed by atoms with Crippen LogP contribution < -0.4 is 4.74 Å². The van der Waals surface area contributed by atoms with Crippen LogP contribution in [-0.2, 0) is 21.6 Å². The number of ether oxygens (including phenoxy) is 2. The minimum atomic E-state index is -0.681. The molecule has 2 aromatic carbocycles. The van der Waals surface area contributed by atoms with E-state index in [1.54, 1.807) is 31.2 Å². The van der Waals surface area contributed by atoms with Crippen LogP contribution in [0, 0.1) is 0 Å². The van der Waals surface area contributed by atoms with E-state index in [1.807, 2.05) is 12.1 Å². The second-order valence-electron chi connectivity index (χ2n) is 6.77. The van der Waals surface area contributed by atoms with Crippen molar-refractivity contribution in [3.63, 3.8) is 0 Å². The average molecular weight is 347 g/mol. The van der Waals surface area contributed by atoms with E-state index in [9.17, 15) is 4.79 Å². The van der Waals surface area contributed by atoms with Gasteiger partial charge in [-0.05, 0) is 47.7 Å². The summed E-state index contributed by atoms with van der Waals surface area (Å²) in [5.74, 6) is 0.184. The van der Waals surface area contributed by atoms with Gasteiger partial charge >= 0.3 is 5.97 Å². The average Bonchev–Trinajstić information content (AvgIpc) is 2.54. The van der Waals surface area contributed by atoms with Gasteiger partial charge in [-0.15, -0.1) is 0 Å². The fourth-order valence-corrected chi connectivity index (χ4v) is 2.26. The molecule has 3 nitrogen and oxygen atoms in total. The Morgan fingerprint density at radius 1 is 1.04 bits per heavy atom. The van der Waals surface area contributed by atoms with E-state index < -0.39 is 12.1 Å². The third kappa shape index (κ3) is 5.27. The quantitative estimate of drug-likeness (QED) is 0.702. The zero-order valence-corrected chi connectivity index (χ0v) is 15.3. The lowest BCUT2D eigenvalue weighted by Gasteiger charge is -2.19. The van der Waals surface area contributed by atoms with Crippen molar-refractivity contribution in [2.45, 2.75) is 45.8 Å². The normalized spacial score (nSPS) is 12.5. The Morgan fingerprint density at radius 3 is 2.17 bits per heavy atom. The molecule has 4 heteroatoms. The molecule has 1 unspecified atom stereocenters. The van der Waals surface area contributed by atoms with Crippen molar-refractivity contribution in [1.82, 2.24) is 0 Å². The standard InChI is InChI=1S/C20H23ClO3/c1-14(24-18-11-9-17(21)10-12-18)19(22)23-13-15-5-7-16(8-6-15)20(2,3)4/h5-12,14H,13H2,1-4H3. The molecule has 2 rings (SSSR count). The summed E-state index contributed by atoms with van der Waals surface area (Å²) in [5.41, 5.74) is 2.31. The Morgan fingerprint density at radius 2 is 1.62 bits per heavy atom. The summed E-state index contributed by atoms with van der Waals surface area (Å²) in [6, 6.07) is 15.0. The van der Waals surface area contributed by atoms with Crippen LogP contribution in [0.5, 0.6) is 5.75 Å². The maximum absolute atomic E-state index is 12.0. The Bertz CT molecular complexity index is 670. The maximum atomic E-state index is 12.0. The van der Waals surface area contributed by atoms with E-state index in [-0.39, 0.29) is 12.0 Å². The lowest BCUT2D eigenvalue weighted by Crippen LogP contribution is -2.26. The van der Waals surface area contributed by atoms with Crippen molar-refractivity contribution in [1.29, 1.82) is 0 Å². The highest BCUT2D eigenvalue weighted by atomic mass is 35.5. The molecule has 0 saturated carbocycles. The fraction of sp³-hybridized carbons (Fsp3) is 0.350. The van der Waals surface area contributed by atoms with E-state index in [0.717, 1.165) is 5.56 Å². The molecule has 0 amide bonds. The number of carbonyl (C=O) groups is 1. The smallest absolute Gasteiger partial charge is 0.347 e. The number of esters is 1. The third-order valence-corrected chi connectivity index (χ3v) is 3.91. The zero-order chi connectivity index (χ0) is 17.7. The number of benzene rings is 2. The number of carbonyl (C=O) groups excluding carboxylic acids is 1. The van der Waals surface area contributed by atoms with Crippen molar-refractivity contribution in [2.24, 2.45) is 0 Å². The molecule has 0 aliphatic heterocycles. The molecule has 0 heterocycles. The molecule has 0 aliphatic rings. The topological polar surface area (TPSA) is 35.5 Å². The molecule has 0 aliphatic carbocycles. The van der Waals surface area contributed by atoms with Gasteiger partial charge in [0.2, 0.25) is 0 Å². The van der Waals surface area contributed by atoms with Gasteiger partial charge in [0.15, 0.2) is 6.10 Å². The van der Waals surface area contributed by atoms with Gasteiger partial charge in [-0.1, -0.05) is 56.6 Å². The van der Waals surface area contributed by atoms with Crippen molar-refractivity contribution in [3.05, 3.63) is 64.7 Å². The first-order chi connectivity index (χ1) is 11.3. The summed E-state index contributed by atoms with van der Waals surface area (Å²) in [5, 5.41) is 0.622. The van der Waals surface area contributed by atoms with Crippen molar-refractivity contribution in [2.75, 3.05) is 0 Å².